The topological polar surface area (TPSA) is 80.8 Å². The predicted octanol–water partition coefficient (Wildman–Crippen LogP) is 3.65. The number of aromatic nitrogens is 1. The summed E-state index contributed by atoms with van der Waals surface area (Å²) in [5.41, 5.74) is 8.03. The zero-order valence-corrected chi connectivity index (χ0v) is 16.5. The molecule has 138 valence electrons. The van der Waals surface area contributed by atoms with Gasteiger partial charge in [0.15, 0.2) is 5.96 Å². The van der Waals surface area contributed by atoms with Crippen LogP contribution in [-0.2, 0) is 10.3 Å². The summed E-state index contributed by atoms with van der Waals surface area (Å²) in [4.78, 5) is 23.5. The van der Waals surface area contributed by atoms with Crippen molar-refractivity contribution in [1.29, 1.82) is 0 Å². The Bertz CT molecular complexity index is 1160. The van der Waals surface area contributed by atoms with Crippen molar-refractivity contribution < 1.29 is 9.53 Å². The van der Waals surface area contributed by atoms with Gasteiger partial charge in [-0.3, -0.25) is 14.7 Å². The lowest BCUT2D eigenvalue weighted by atomic mass is 9.79. The summed E-state index contributed by atoms with van der Waals surface area (Å²) >= 11 is 3.49. The maximum Gasteiger partial charge on any atom is 0.266 e. The summed E-state index contributed by atoms with van der Waals surface area (Å²) < 4.78 is 7.01. The molecule has 1 aromatic heterocycles. The molecule has 1 amide bonds. The first-order chi connectivity index (χ1) is 13.5. The number of nitrogens with zero attached hydrogens (tertiary/aromatic N) is 3. The van der Waals surface area contributed by atoms with Crippen LogP contribution >= 0.6 is 15.9 Å². The van der Waals surface area contributed by atoms with Gasteiger partial charge < -0.3 is 10.5 Å². The summed E-state index contributed by atoms with van der Waals surface area (Å²) in [6, 6.07) is 15.2. The van der Waals surface area contributed by atoms with E-state index in [0.29, 0.717) is 22.6 Å². The van der Waals surface area contributed by atoms with Crippen molar-refractivity contribution in [2.75, 3.05) is 7.05 Å². The highest BCUT2D eigenvalue weighted by Crippen LogP contribution is 2.52. The maximum absolute atomic E-state index is 13.3. The molecule has 0 saturated heterocycles. The SMILES string of the molecule is CN1C(=O)C2(N=C1N)c1ccc(-c3cccnc3)cc1Oc1ccc(Br)cc12. The van der Waals surface area contributed by atoms with Crippen LogP contribution in [0.5, 0.6) is 11.5 Å². The van der Waals surface area contributed by atoms with Crippen LogP contribution in [-0.4, -0.2) is 28.8 Å². The van der Waals surface area contributed by atoms with Gasteiger partial charge >= 0.3 is 0 Å². The molecule has 0 radical (unpaired) electrons. The van der Waals surface area contributed by atoms with Crippen LogP contribution in [0.25, 0.3) is 11.1 Å². The number of aliphatic imine (C=N–C) groups is 1. The molecular formula is C21H15BrN4O2. The van der Waals surface area contributed by atoms with Gasteiger partial charge in [-0.2, -0.15) is 0 Å². The number of carbonyl (C=O) groups excluding carboxylic acids is 1. The Morgan fingerprint density at radius 2 is 1.93 bits per heavy atom. The van der Waals surface area contributed by atoms with E-state index in [2.05, 4.69) is 25.9 Å². The summed E-state index contributed by atoms with van der Waals surface area (Å²) in [5, 5.41) is 0. The first-order valence-electron chi connectivity index (χ1n) is 8.67. The first kappa shape index (κ1) is 16.9. The largest absolute Gasteiger partial charge is 0.457 e. The minimum atomic E-state index is -1.25. The number of hydrogen-bond acceptors (Lipinski definition) is 5. The van der Waals surface area contributed by atoms with Crippen LogP contribution in [0.1, 0.15) is 11.1 Å². The van der Waals surface area contributed by atoms with E-state index < -0.39 is 5.54 Å². The molecule has 3 aromatic rings. The van der Waals surface area contributed by atoms with Gasteiger partial charge in [-0.15, -0.1) is 0 Å². The second-order valence-electron chi connectivity index (χ2n) is 6.74. The smallest absolute Gasteiger partial charge is 0.266 e. The molecule has 7 heteroatoms. The van der Waals surface area contributed by atoms with E-state index in [1.807, 2.05) is 48.5 Å². The molecule has 2 aromatic carbocycles. The fraction of sp³-hybridized carbons (Fsp3) is 0.0952. The average Bonchev–Trinajstić information content (AvgIpc) is 2.94. The average molecular weight is 435 g/mol. The van der Waals surface area contributed by atoms with Crippen LogP contribution in [0.2, 0.25) is 0 Å². The second-order valence-corrected chi connectivity index (χ2v) is 7.66. The molecule has 5 rings (SSSR count). The van der Waals surface area contributed by atoms with Crippen molar-refractivity contribution >= 4 is 27.8 Å². The number of carbonyl (C=O) groups is 1. The van der Waals surface area contributed by atoms with Crippen molar-refractivity contribution in [2.45, 2.75) is 5.54 Å². The monoisotopic (exact) mass is 434 g/mol. The van der Waals surface area contributed by atoms with Gasteiger partial charge in [0.1, 0.15) is 11.5 Å². The van der Waals surface area contributed by atoms with E-state index in [1.165, 1.54) is 4.90 Å². The van der Waals surface area contributed by atoms with Gasteiger partial charge in [0.2, 0.25) is 5.54 Å². The van der Waals surface area contributed by atoms with Gasteiger partial charge in [-0.25, -0.2) is 4.99 Å². The number of benzene rings is 2. The van der Waals surface area contributed by atoms with E-state index in [9.17, 15) is 4.79 Å². The molecule has 1 atom stereocenters. The molecule has 0 aliphatic carbocycles. The zero-order chi connectivity index (χ0) is 19.5. The molecular weight excluding hydrogens is 420 g/mol. The Labute approximate surface area is 169 Å². The number of ether oxygens (including phenoxy) is 1. The van der Waals surface area contributed by atoms with Crippen LogP contribution in [0.15, 0.2) is 70.4 Å². The Morgan fingerprint density at radius 1 is 1.07 bits per heavy atom. The fourth-order valence-electron chi connectivity index (χ4n) is 3.75. The van der Waals surface area contributed by atoms with Crippen LogP contribution in [0.3, 0.4) is 0 Å². The molecule has 2 aliphatic heterocycles. The van der Waals surface area contributed by atoms with Crippen LogP contribution in [0, 0.1) is 0 Å². The van der Waals surface area contributed by atoms with E-state index in [0.717, 1.165) is 15.6 Å². The first-order valence-corrected chi connectivity index (χ1v) is 9.46. The molecule has 2 N–H and O–H groups in total. The molecule has 1 spiro atoms. The van der Waals surface area contributed by atoms with Crippen molar-refractivity contribution in [3.05, 3.63) is 76.5 Å². The summed E-state index contributed by atoms with van der Waals surface area (Å²) in [6.07, 6.45) is 3.52. The lowest BCUT2D eigenvalue weighted by Crippen LogP contribution is -2.42. The second kappa shape index (κ2) is 5.90. The zero-order valence-electron chi connectivity index (χ0n) is 14.9. The molecule has 0 bridgehead atoms. The molecule has 3 heterocycles. The van der Waals surface area contributed by atoms with E-state index in [4.69, 9.17) is 10.5 Å². The number of halogens is 1. The molecule has 0 fully saturated rings. The van der Waals surface area contributed by atoms with Crippen molar-refractivity contribution in [1.82, 2.24) is 9.88 Å². The van der Waals surface area contributed by atoms with Crippen molar-refractivity contribution in [3.63, 3.8) is 0 Å². The third-order valence-corrected chi connectivity index (χ3v) is 5.65. The Balaban J connectivity index is 1.78. The van der Waals surface area contributed by atoms with Gasteiger partial charge in [0.25, 0.3) is 5.91 Å². The highest BCUT2D eigenvalue weighted by Gasteiger charge is 2.54. The van der Waals surface area contributed by atoms with Crippen molar-refractivity contribution in [3.8, 4) is 22.6 Å². The predicted molar refractivity (Wildman–Crippen MR) is 109 cm³/mol. The molecule has 0 saturated carbocycles. The van der Waals surface area contributed by atoms with E-state index in [-0.39, 0.29) is 11.9 Å². The number of hydrogen-bond donors (Lipinski definition) is 1. The molecule has 6 nitrogen and oxygen atoms in total. The highest BCUT2D eigenvalue weighted by atomic mass is 79.9. The Morgan fingerprint density at radius 3 is 2.64 bits per heavy atom. The number of nitrogens with two attached hydrogens (primary N) is 1. The minimum Gasteiger partial charge on any atom is -0.457 e. The van der Waals surface area contributed by atoms with Crippen LogP contribution in [0.4, 0.5) is 0 Å². The lowest BCUT2D eigenvalue weighted by Gasteiger charge is -2.33. The third kappa shape index (κ3) is 2.23. The van der Waals surface area contributed by atoms with E-state index in [1.54, 1.807) is 19.4 Å². The number of guanidine groups is 1. The lowest BCUT2D eigenvalue weighted by molar-refractivity contribution is -0.129. The summed E-state index contributed by atoms with van der Waals surface area (Å²) in [5.74, 6) is 1.14. The summed E-state index contributed by atoms with van der Waals surface area (Å²) in [7, 11) is 1.63. The number of amides is 1. The number of pyridine rings is 1. The van der Waals surface area contributed by atoms with Gasteiger partial charge in [-0.05, 0) is 35.9 Å². The van der Waals surface area contributed by atoms with Gasteiger partial charge in [0.05, 0.1) is 0 Å². The van der Waals surface area contributed by atoms with Crippen molar-refractivity contribution in [2.24, 2.45) is 10.7 Å². The Kier molecular flexibility index (Phi) is 3.57. The van der Waals surface area contributed by atoms with Gasteiger partial charge in [-0.1, -0.05) is 34.1 Å². The molecule has 1 unspecified atom stereocenters. The molecule has 2 aliphatic rings. The van der Waals surface area contributed by atoms with E-state index >= 15 is 0 Å². The Hall–Kier alpha value is -3.19. The summed E-state index contributed by atoms with van der Waals surface area (Å²) in [6.45, 7) is 0. The molecule has 28 heavy (non-hydrogen) atoms. The fourth-order valence-corrected chi connectivity index (χ4v) is 4.11. The highest BCUT2D eigenvalue weighted by molar-refractivity contribution is 9.10. The normalized spacial score (nSPS) is 19.9. The standard InChI is InChI=1S/C21H15BrN4O2/c1-26-19(27)21(25-20(26)23)15-6-4-12(13-3-2-8-24-11-13)9-18(15)28-17-7-5-14(22)10-16(17)21/h2-11H,1H3,(H2,23,25). The minimum absolute atomic E-state index is 0.181. The quantitative estimate of drug-likeness (QED) is 0.633. The van der Waals surface area contributed by atoms with Crippen LogP contribution < -0.4 is 10.5 Å². The number of rotatable bonds is 1. The number of likely N-dealkylation sites (N-methyl/N-ethyl adjacent to an activating group) is 1. The van der Waals surface area contributed by atoms with Gasteiger partial charge in [0, 0.05) is 40.6 Å². The third-order valence-electron chi connectivity index (χ3n) is 5.16. The number of fused-ring (bicyclic) bond motifs is 4. The maximum atomic E-state index is 13.3.